The number of halogens is 1. The summed E-state index contributed by atoms with van der Waals surface area (Å²) in [7, 11) is 1.77. The highest BCUT2D eigenvalue weighted by Crippen LogP contribution is 2.55. The van der Waals surface area contributed by atoms with E-state index in [1.54, 1.807) is 14.2 Å². The second-order valence-electron chi connectivity index (χ2n) is 8.35. The van der Waals surface area contributed by atoms with Crippen LogP contribution >= 0.6 is 7.26 Å². The fourth-order valence-electron chi connectivity index (χ4n) is 4.58. The first-order valence-corrected chi connectivity index (χ1v) is 13.9. The van der Waals surface area contributed by atoms with Crippen molar-refractivity contribution in [2.24, 2.45) is 0 Å². The minimum atomic E-state index is -1.67. The molecule has 0 atom stereocenters. The lowest BCUT2D eigenvalue weighted by atomic mass is 10.1. The number of hydrogen-bond acceptors (Lipinski definition) is 2. The van der Waals surface area contributed by atoms with Crippen LogP contribution in [0.25, 0.3) is 0 Å². The SMILES string of the molecule is COC(CCCCCCCC[P+](c1ccccc1)(c1ccccc1)c1ccccc1)OC.[Br-]. The Morgan fingerprint density at radius 1 is 0.545 bits per heavy atom. The standard InChI is InChI=1S/C29H38O2P.BrH/c1-30-29(31-2)24-16-5-3-4-6-17-25-32(26-18-10-7-11-19-26,27-20-12-8-13-21-27)28-22-14-9-15-23-28;/h7-15,18-23,29H,3-6,16-17,24-25H2,1-2H3;1H/q+1;/p-1. The molecule has 0 saturated carbocycles. The molecule has 3 aromatic carbocycles. The van der Waals surface area contributed by atoms with E-state index in [4.69, 9.17) is 9.47 Å². The molecule has 3 aromatic rings. The van der Waals surface area contributed by atoms with Crippen molar-refractivity contribution < 1.29 is 26.5 Å². The number of hydrogen-bond donors (Lipinski definition) is 0. The van der Waals surface area contributed by atoms with Gasteiger partial charge in [0.1, 0.15) is 23.2 Å². The molecular weight excluding hydrogens is 491 g/mol. The van der Waals surface area contributed by atoms with Gasteiger partial charge in [-0.2, -0.15) is 0 Å². The number of benzene rings is 3. The summed E-state index contributed by atoms with van der Waals surface area (Å²) in [6.07, 6.45) is 9.69. The number of unbranched alkanes of at least 4 members (excludes halogenated alkanes) is 5. The first-order chi connectivity index (χ1) is 15.8. The summed E-state index contributed by atoms with van der Waals surface area (Å²) < 4.78 is 10.6. The van der Waals surface area contributed by atoms with Gasteiger partial charge in [0.15, 0.2) is 6.29 Å². The Kier molecular flexibility index (Phi) is 12.9. The molecule has 0 fully saturated rings. The summed E-state index contributed by atoms with van der Waals surface area (Å²) >= 11 is 0. The van der Waals surface area contributed by atoms with Crippen molar-refractivity contribution in [3.8, 4) is 0 Å². The molecule has 0 aliphatic rings. The molecule has 0 N–H and O–H groups in total. The summed E-state index contributed by atoms with van der Waals surface area (Å²) in [5.41, 5.74) is 0. The van der Waals surface area contributed by atoms with Crippen molar-refractivity contribution >= 4 is 23.2 Å². The van der Waals surface area contributed by atoms with E-state index in [2.05, 4.69) is 91.0 Å². The zero-order valence-corrected chi connectivity index (χ0v) is 22.5. The van der Waals surface area contributed by atoms with E-state index in [0.717, 1.165) is 6.42 Å². The van der Waals surface area contributed by atoms with Crippen molar-refractivity contribution in [1.82, 2.24) is 0 Å². The van der Waals surface area contributed by atoms with E-state index >= 15 is 0 Å². The van der Waals surface area contributed by atoms with Crippen molar-refractivity contribution in [3.63, 3.8) is 0 Å². The fourth-order valence-corrected chi connectivity index (χ4v) is 8.99. The molecule has 0 heterocycles. The largest absolute Gasteiger partial charge is 1.00 e. The predicted molar refractivity (Wildman–Crippen MR) is 140 cm³/mol. The highest BCUT2D eigenvalue weighted by molar-refractivity contribution is 7.95. The zero-order chi connectivity index (χ0) is 22.5. The van der Waals surface area contributed by atoms with Crippen LogP contribution < -0.4 is 32.9 Å². The summed E-state index contributed by atoms with van der Waals surface area (Å²) in [5.74, 6) is 0. The van der Waals surface area contributed by atoms with E-state index in [1.165, 1.54) is 60.6 Å². The Morgan fingerprint density at radius 2 is 0.909 bits per heavy atom. The highest BCUT2D eigenvalue weighted by atomic mass is 79.9. The van der Waals surface area contributed by atoms with Crippen LogP contribution in [-0.4, -0.2) is 26.7 Å². The summed E-state index contributed by atoms with van der Waals surface area (Å²) in [6.45, 7) is 0. The maximum atomic E-state index is 5.29. The topological polar surface area (TPSA) is 18.5 Å². The van der Waals surface area contributed by atoms with Gasteiger partial charge in [-0.3, -0.25) is 0 Å². The molecule has 0 aliphatic heterocycles. The number of methoxy groups -OCH3 is 2. The van der Waals surface area contributed by atoms with Crippen LogP contribution in [0.2, 0.25) is 0 Å². The molecule has 178 valence electrons. The first-order valence-electron chi connectivity index (χ1n) is 11.9. The van der Waals surface area contributed by atoms with E-state index in [9.17, 15) is 0 Å². The Hall–Kier alpha value is -1.51. The molecule has 0 amide bonds. The van der Waals surface area contributed by atoms with Gasteiger partial charge < -0.3 is 26.5 Å². The Morgan fingerprint density at radius 3 is 1.30 bits per heavy atom. The third-order valence-electron chi connectivity index (χ3n) is 6.30. The van der Waals surface area contributed by atoms with Crippen LogP contribution in [0.4, 0.5) is 0 Å². The minimum absolute atomic E-state index is 0. The maximum absolute atomic E-state index is 5.29. The van der Waals surface area contributed by atoms with Crippen LogP contribution in [-0.2, 0) is 9.47 Å². The molecule has 0 saturated heterocycles. The van der Waals surface area contributed by atoms with Crippen LogP contribution in [0, 0.1) is 0 Å². The van der Waals surface area contributed by atoms with Crippen LogP contribution in [0.1, 0.15) is 44.9 Å². The molecule has 0 aromatic heterocycles. The average molecular weight is 529 g/mol. The first kappa shape index (κ1) is 27.7. The number of rotatable bonds is 14. The molecule has 2 nitrogen and oxygen atoms in total. The van der Waals surface area contributed by atoms with Gasteiger partial charge in [-0.15, -0.1) is 0 Å². The second-order valence-corrected chi connectivity index (χ2v) is 12.0. The quantitative estimate of drug-likeness (QED) is 0.181. The lowest BCUT2D eigenvalue weighted by Gasteiger charge is -2.27. The molecule has 0 bridgehead atoms. The predicted octanol–water partition coefficient (Wildman–Crippen LogP) is 3.33. The van der Waals surface area contributed by atoms with Crippen molar-refractivity contribution in [2.45, 2.75) is 51.2 Å². The lowest BCUT2D eigenvalue weighted by Crippen LogP contribution is -3.00. The normalized spacial score (nSPS) is 11.4. The van der Waals surface area contributed by atoms with Gasteiger partial charge in [-0.05, 0) is 62.1 Å². The molecule has 33 heavy (non-hydrogen) atoms. The summed E-state index contributed by atoms with van der Waals surface area (Å²) in [5, 5.41) is 4.47. The van der Waals surface area contributed by atoms with E-state index < -0.39 is 7.26 Å². The summed E-state index contributed by atoms with van der Waals surface area (Å²) in [6, 6.07) is 33.6. The maximum Gasteiger partial charge on any atom is 0.156 e. The van der Waals surface area contributed by atoms with E-state index in [1.807, 2.05) is 0 Å². The minimum Gasteiger partial charge on any atom is -1.00 e. The monoisotopic (exact) mass is 528 g/mol. The van der Waals surface area contributed by atoms with Crippen LogP contribution in [0.3, 0.4) is 0 Å². The van der Waals surface area contributed by atoms with E-state index in [-0.39, 0.29) is 23.3 Å². The van der Waals surface area contributed by atoms with Crippen molar-refractivity contribution in [1.29, 1.82) is 0 Å². The van der Waals surface area contributed by atoms with E-state index in [0.29, 0.717) is 0 Å². The third-order valence-corrected chi connectivity index (χ3v) is 10.8. The smallest absolute Gasteiger partial charge is 0.156 e. The van der Waals surface area contributed by atoms with Gasteiger partial charge in [-0.25, -0.2) is 0 Å². The van der Waals surface area contributed by atoms with Gasteiger partial charge in [-0.1, -0.05) is 73.9 Å². The Balaban J connectivity index is 0.00000385. The van der Waals surface area contributed by atoms with Crippen LogP contribution in [0.5, 0.6) is 0 Å². The van der Waals surface area contributed by atoms with Crippen molar-refractivity contribution in [3.05, 3.63) is 91.0 Å². The fraction of sp³-hybridized carbons (Fsp3) is 0.379. The number of ether oxygens (including phenoxy) is 2. The molecule has 0 aliphatic carbocycles. The van der Waals surface area contributed by atoms with Gasteiger partial charge >= 0.3 is 0 Å². The molecule has 4 heteroatoms. The molecule has 3 rings (SSSR count). The second kappa shape index (κ2) is 15.4. The third kappa shape index (κ3) is 7.76. The zero-order valence-electron chi connectivity index (χ0n) is 20.0. The van der Waals surface area contributed by atoms with Gasteiger partial charge in [0, 0.05) is 14.2 Å². The Labute approximate surface area is 211 Å². The van der Waals surface area contributed by atoms with Gasteiger partial charge in [0.05, 0.1) is 6.16 Å². The Bertz CT molecular complexity index is 773. The molecule has 0 spiro atoms. The molecule has 0 radical (unpaired) electrons. The highest BCUT2D eigenvalue weighted by Gasteiger charge is 2.44. The van der Waals surface area contributed by atoms with Crippen molar-refractivity contribution in [2.75, 3.05) is 20.4 Å². The van der Waals surface area contributed by atoms with Gasteiger partial charge in [0.25, 0.3) is 0 Å². The average Bonchev–Trinajstić information content (AvgIpc) is 2.87. The summed E-state index contributed by atoms with van der Waals surface area (Å²) in [4.78, 5) is 0. The molecule has 0 unspecified atom stereocenters. The van der Waals surface area contributed by atoms with Gasteiger partial charge in [0.2, 0.25) is 0 Å². The molecular formula is C29H38BrO2P. The van der Waals surface area contributed by atoms with Crippen LogP contribution in [0.15, 0.2) is 91.0 Å². The lowest BCUT2D eigenvalue weighted by molar-refractivity contribution is -0.107.